The summed E-state index contributed by atoms with van der Waals surface area (Å²) in [5, 5.41) is 6.49. The number of carbonyl (C=O) groups excluding carboxylic acids is 2. The van der Waals surface area contributed by atoms with Crippen molar-refractivity contribution >= 4 is 17.7 Å². The van der Waals surface area contributed by atoms with Gasteiger partial charge in [-0.2, -0.15) is 0 Å². The molecular weight excluding hydrogens is 356 g/mol. The Morgan fingerprint density at radius 1 is 1.32 bits per heavy atom. The molecule has 28 heavy (non-hydrogen) atoms. The van der Waals surface area contributed by atoms with Crippen molar-refractivity contribution in [2.45, 2.75) is 57.9 Å². The van der Waals surface area contributed by atoms with Gasteiger partial charge in [-0.15, -0.1) is 0 Å². The number of pyridine rings is 1. The molecule has 0 unspecified atom stereocenters. The first kappa shape index (κ1) is 20.6. The summed E-state index contributed by atoms with van der Waals surface area (Å²) in [5.41, 5.74) is 2.34. The van der Waals surface area contributed by atoms with Crippen LogP contribution in [0.2, 0.25) is 0 Å². The normalized spacial score (nSPS) is 17.5. The van der Waals surface area contributed by atoms with E-state index in [-0.39, 0.29) is 17.9 Å². The molecule has 0 atom stereocenters. The summed E-state index contributed by atoms with van der Waals surface area (Å²) < 4.78 is 4.99. The summed E-state index contributed by atoms with van der Waals surface area (Å²) in [6.07, 6.45) is 6.16. The number of hydrogen-bond donors (Lipinski definition) is 2. The van der Waals surface area contributed by atoms with Gasteiger partial charge < -0.3 is 15.4 Å². The summed E-state index contributed by atoms with van der Waals surface area (Å²) in [5.74, 6) is 0.957. The number of piperidine rings is 1. The fourth-order valence-corrected chi connectivity index (χ4v) is 3.86. The molecule has 0 radical (unpaired) electrons. The molecule has 0 aliphatic carbocycles. The second kappa shape index (κ2) is 10.4. The van der Waals surface area contributed by atoms with Crippen LogP contribution in [0.1, 0.15) is 50.3 Å². The number of carbonyl (C=O) groups is 2. The van der Waals surface area contributed by atoms with Gasteiger partial charge in [0.15, 0.2) is 0 Å². The Bertz CT molecular complexity index is 672. The predicted molar refractivity (Wildman–Crippen MR) is 108 cm³/mol. The molecule has 1 fully saturated rings. The number of amides is 1. The summed E-state index contributed by atoms with van der Waals surface area (Å²) in [6, 6.07) is 4.45. The van der Waals surface area contributed by atoms with Gasteiger partial charge in [0.25, 0.3) is 0 Å². The van der Waals surface area contributed by atoms with Crippen molar-refractivity contribution in [1.29, 1.82) is 0 Å². The average Bonchev–Trinajstić information content (AvgIpc) is 2.69. The number of nitrogens with one attached hydrogen (secondary N) is 2. The van der Waals surface area contributed by atoms with Gasteiger partial charge in [0.05, 0.1) is 13.2 Å². The van der Waals surface area contributed by atoms with Gasteiger partial charge in [-0.3, -0.25) is 14.5 Å². The fourth-order valence-electron chi connectivity index (χ4n) is 3.86. The van der Waals surface area contributed by atoms with E-state index in [0.717, 1.165) is 69.7 Å². The monoisotopic (exact) mass is 388 g/mol. The zero-order chi connectivity index (χ0) is 19.8. The first-order valence-electron chi connectivity index (χ1n) is 10.5. The average molecular weight is 389 g/mol. The summed E-state index contributed by atoms with van der Waals surface area (Å²) >= 11 is 0. The van der Waals surface area contributed by atoms with Crippen LogP contribution in [0, 0.1) is 0 Å². The lowest BCUT2D eigenvalue weighted by molar-refractivity contribution is -0.144. The van der Waals surface area contributed by atoms with E-state index in [1.165, 1.54) is 5.56 Å². The third-order valence-corrected chi connectivity index (χ3v) is 5.40. The number of esters is 1. The van der Waals surface area contributed by atoms with Crippen LogP contribution in [-0.2, 0) is 27.2 Å². The number of rotatable bonds is 8. The number of aryl methyl sites for hydroxylation is 2. The van der Waals surface area contributed by atoms with Crippen LogP contribution in [0.25, 0.3) is 0 Å². The number of fused-ring (bicyclic) bond motifs is 1. The predicted octanol–water partition coefficient (Wildman–Crippen LogP) is 1.91. The molecule has 3 rings (SSSR count). The minimum atomic E-state index is -0.170. The molecule has 2 aliphatic heterocycles. The second-order valence-corrected chi connectivity index (χ2v) is 7.62. The van der Waals surface area contributed by atoms with Crippen LogP contribution >= 0.6 is 0 Å². The smallest absolute Gasteiger partial charge is 0.320 e. The van der Waals surface area contributed by atoms with E-state index in [1.807, 2.05) is 6.92 Å². The molecule has 7 heteroatoms. The topological polar surface area (TPSA) is 83.6 Å². The van der Waals surface area contributed by atoms with E-state index < -0.39 is 0 Å². The van der Waals surface area contributed by atoms with Crippen molar-refractivity contribution in [3.05, 3.63) is 23.4 Å². The van der Waals surface area contributed by atoms with Crippen LogP contribution < -0.4 is 10.6 Å². The Morgan fingerprint density at radius 3 is 2.93 bits per heavy atom. The Labute approximate surface area is 167 Å². The maximum atomic E-state index is 12.2. The number of hydrogen-bond acceptors (Lipinski definition) is 6. The van der Waals surface area contributed by atoms with Crippen molar-refractivity contribution in [2.24, 2.45) is 0 Å². The SMILES string of the molecule is CCOC(=O)CN1CCC(NC(=O)CCCc2ccc3c(n2)NCCC3)CC1. The van der Waals surface area contributed by atoms with Gasteiger partial charge in [0.1, 0.15) is 5.82 Å². The minimum absolute atomic E-state index is 0.111. The van der Waals surface area contributed by atoms with Crippen molar-refractivity contribution in [3.8, 4) is 0 Å². The van der Waals surface area contributed by atoms with E-state index in [1.54, 1.807) is 0 Å². The molecule has 1 saturated heterocycles. The highest BCUT2D eigenvalue weighted by molar-refractivity contribution is 5.76. The second-order valence-electron chi connectivity index (χ2n) is 7.62. The lowest BCUT2D eigenvalue weighted by atomic mass is 10.0. The lowest BCUT2D eigenvalue weighted by Gasteiger charge is -2.31. The summed E-state index contributed by atoms with van der Waals surface area (Å²) in [6.45, 7) is 5.20. The molecule has 2 N–H and O–H groups in total. The van der Waals surface area contributed by atoms with Gasteiger partial charge in [-0.05, 0) is 57.1 Å². The van der Waals surface area contributed by atoms with Gasteiger partial charge in [-0.25, -0.2) is 4.98 Å². The lowest BCUT2D eigenvalue weighted by Crippen LogP contribution is -2.46. The highest BCUT2D eigenvalue weighted by Gasteiger charge is 2.22. The molecular formula is C21H32N4O3. The van der Waals surface area contributed by atoms with Crippen LogP contribution in [0.4, 0.5) is 5.82 Å². The molecule has 0 saturated carbocycles. The highest BCUT2D eigenvalue weighted by Crippen LogP contribution is 2.20. The molecule has 0 bridgehead atoms. The standard InChI is InChI=1S/C21H32N4O3/c1-2-28-20(27)15-25-13-10-18(11-14-25)23-19(26)7-3-6-17-9-8-16-5-4-12-22-21(16)24-17/h8-9,18H,2-7,10-15H2,1H3,(H,22,24)(H,23,26). The van der Waals surface area contributed by atoms with Gasteiger partial charge in [-0.1, -0.05) is 6.07 Å². The molecule has 2 aliphatic rings. The van der Waals surface area contributed by atoms with Gasteiger partial charge >= 0.3 is 5.97 Å². The van der Waals surface area contributed by atoms with E-state index in [0.29, 0.717) is 19.6 Å². The van der Waals surface area contributed by atoms with E-state index in [2.05, 4.69) is 32.7 Å². The van der Waals surface area contributed by atoms with E-state index in [9.17, 15) is 9.59 Å². The quantitative estimate of drug-likeness (QED) is 0.662. The van der Waals surface area contributed by atoms with Crippen molar-refractivity contribution in [2.75, 3.05) is 38.1 Å². The van der Waals surface area contributed by atoms with Gasteiger partial charge in [0.2, 0.25) is 5.91 Å². The fraction of sp³-hybridized carbons (Fsp3) is 0.667. The summed E-state index contributed by atoms with van der Waals surface area (Å²) in [7, 11) is 0. The molecule has 154 valence electrons. The van der Waals surface area contributed by atoms with E-state index >= 15 is 0 Å². The largest absolute Gasteiger partial charge is 0.465 e. The number of aromatic nitrogens is 1. The third-order valence-electron chi connectivity index (χ3n) is 5.40. The van der Waals surface area contributed by atoms with Crippen LogP contribution in [0.15, 0.2) is 12.1 Å². The molecule has 1 aromatic heterocycles. The Balaban J connectivity index is 1.32. The Morgan fingerprint density at radius 2 is 2.14 bits per heavy atom. The zero-order valence-electron chi connectivity index (χ0n) is 16.8. The molecule has 0 aromatic carbocycles. The maximum Gasteiger partial charge on any atom is 0.320 e. The van der Waals surface area contributed by atoms with Crippen LogP contribution in [0.3, 0.4) is 0 Å². The summed E-state index contributed by atoms with van der Waals surface area (Å²) in [4.78, 5) is 30.6. The molecule has 0 spiro atoms. The Kier molecular flexibility index (Phi) is 7.65. The number of ether oxygens (including phenoxy) is 1. The first-order valence-corrected chi connectivity index (χ1v) is 10.5. The molecule has 1 amide bonds. The van der Waals surface area contributed by atoms with Crippen LogP contribution in [0.5, 0.6) is 0 Å². The number of likely N-dealkylation sites (tertiary alicyclic amines) is 1. The van der Waals surface area contributed by atoms with E-state index in [4.69, 9.17) is 4.74 Å². The zero-order valence-corrected chi connectivity index (χ0v) is 16.8. The third kappa shape index (κ3) is 6.19. The molecule has 7 nitrogen and oxygen atoms in total. The van der Waals surface area contributed by atoms with Crippen molar-refractivity contribution in [1.82, 2.24) is 15.2 Å². The Hall–Kier alpha value is -2.15. The van der Waals surface area contributed by atoms with Crippen LogP contribution in [-0.4, -0.2) is 60.6 Å². The van der Waals surface area contributed by atoms with Crippen molar-refractivity contribution in [3.63, 3.8) is 0 Å². The number of nitrogens with zero attached hydrogens (tertiary/aromatic N) is 2. The minimum Gasteiger partial charge on any atom is -0.465 e. The molecule has 3 heterocycles. The highest BCUT2D eigenvalue weighted by atomic mass is 16.5. The first-order chi connectivity index (χ1) is 13.6. The molecule has 1 aromatic rings. The maximum absolute atomic E-state index is 12.2. The van der Waals surface area contributed by atoms with Crippen molar-refractivity contribution < 1.29 is 14.3 Å². The van der Waals surface area contributed by atoms with Gasteiger partial charge in [0, 0.05) is 37.8 Å². The number of anilines is 1.